The first-order chi connectivity index (χ1) is 9.68. The molecule has 6 heteroatoms. The predicted octanol–water partition coefficient (Wildman–Crippen LogP) is 3.18. The van der Waals surface area contributed by atoms with Crippen molar-refractivity contribution in [2.75, 3.05) is 26.2 Å². The average molecular weight is 312 g/mol. The Bertz CT molecular complexity index is 266. The number of hydrogen-bond donors (Lipinski definition) is 2. The van der Waals surface area contributed by atoms with E-state index in [-0.39, 0.29) is 18.2 Å². The lowest BCUT2D eigenvalue weighted by molar-refractivity contribution is -0.146. The van der Waals surface area contributed by atoms with Gasteiger partial charge in [-0.15, -0.1) is 0 Å². The van der Waals surface area contributed by atoms with Crippen LogP contribution in [0.5, 0.6) is 0 Å². The standard InChI is InChI=1S/C15H31F3N2O/c1-5-9-20(11-15(16,17)18)10-7-8-14(6-2,12-21)19-13(3)4/h13,19,21H,5-12H2,1-4H3. The van der Waals surface area contributed by atoms with E-state index in [0.717, 1.165) is 6.42 Å². The molecule has 0 amide bonds. The van der Waals surface area contributed by atoms with Crippen LogP contribution >= 0.6 is 0 Å². The molecule has 1 atom stereocenters. The highest BCUT2D eigenvalue weighted by Gasteiger charge is 2.31. The molecule has 0 aromatic rings. The minimum absolute atomic E-state index is 0.00866. The molecule has 0 fully saturated rings. The molecule has 128 valence electrons. The van der Waals surface area contributed by atoms with Crippen LogP contribution < -0.4 is 5.32 Å². The Balaban J connectivity index is 4.43. The molecule has 0 aliphatic heterocycles. The van der Waals surface area contributed by atoms with E-state index in [9.17, 15) is 18.3 Å². The van der Waals surface area contributed by atoms with Crippen molar-refractivity contribution in [3.05, 3.63) is 0 Å². The van der Waals surface area contributed by atoms with Crippen LogP contribution in [0.3, 0.4) is 0 Å². The largest absolute Gasteiger partial charge is 0.401 e. The molecule has 0 aromatic heterocycles. The van der Waals surface area contributed by atoms with E-state index >= 15 is 0 Å². The van der Waals surface area contributed by atoms with Crippen molar-refractivity contribution in [1.29, 1.82) is 0 Å². The Morgan fingerprint density at radius 1 is 1.14 bits per heavy atom. The van der Waals surface area contributed by atoms with Crippen molar-refractivity contribution >= 4 is 0 Å². The number of aliphatic hydroxyl groups excluding tert-OH is 1. The summed E-state index contributed by atoms with van der Waals surface area (Å²) in [5, 5.41) is 13.0. The van der Waals surface area contributed by atoms with Gasteiger partial charge in [-0.3, -0.25) is 4.90 Å². The molecule has 0 aliphatic rings. The smallest absolute Gasteiger partial charge is 0.394 e. The highest BCUT2D eigenvalue weighted by molar-refractivity contribution is 4.87. The molecule has 21 heavy (non-hydrogen) atoms. The van der Waals surface area contributed by atoms with E-state index in [1.165, 1.54) is 4.90 Å². The third-order valence-electron chi connectivity index (χ3n) is 3.65. The van der Waals surface area contributed by atoms with E-state index < -0.39 is 12.7 Å². The predicted molar refractivity (Wildman–Crippen MR) is 80.4 cm³/mol. The molecule has 0 spiro atoms. The third kappa shape index (κ3) is 9.32. The maximum Gasteiger partial charge on any atom is 0.401 e. The van der Waals surface area contributed by atoms with Crippen LogP contribution in [-0.4, -0.2) is 54.0 Å². The summed E-state index contributed by atoms with van der Waals surface area (Å²) in [5.74, 6) is 0. The maximum atomic E-state index is 12.5. The van der Waals surface area contributed by atoms with Gasteiger partial charge in [0.05, 0.1) is 13.2 Å². The summed E-state index contributed by atoms with van der Waals surface area (Å²) in [6.07, 6.45) is -1.36. The van der Waals surface area contributed by atoms with E-state index in [1.54, 1.807) is 0 Å². The van der Waals surface area contributed by atoms with Gasteiger partial charge in [-0.1, -0.05) is 27.7 Å². The first-order valence-corrected chi connectivity index (χ1v) is 7.85. The third-order valence-corrected chi connectivity index (χ3v) is 3.65. The lowest BCUT2D eigenvalue weighted by Crippen LogP contribution is -2.51. The number of rotatable bonds is 11. The Hall–Kier alpha value is -0.330. The first kappa shape index (κ1) is 20.7. The molecule has 0 heterocycles. The van der Waals surface area contributed by atoms with Gasteiger partial charge >= 0.3 is 6.18 Å². The molecule has 0 saturated carbocycles. The summed E-state index contributed by atoms with van der Waals surface area (Å²) in [6, 6.07) is 0.235. The van der Waals surface area contributed by atoms with Crippen molar-refractivity contribution < 1.29 is 18.3 Å². The lowest BCUT2D eigenvalue weighted by Gasteiger charge is -2.35. The van der Waals surface area contributed by atoms with Gasteiger partial charge in [0, 0.05) is 11.6 Å². The Morgan fingerprint density at radius 2 is 1.76 bits per heavy atom. The maximum absolute atomic E-state index is 12.5. The van der Waals surface area contributed by atoms with Gasteiger partial charge in [0.15, 0.2) is 0 Å². The van der Waals surface area contributed by atoms with Gasteiger partial charge in [0.1, 0.15) is 0 Å². The fourth-order valence-corrected chi connectivity index (χ4v) is 2.68. The number of nitrogens with one attached hydrogen (secondary N) is 1. The van der Waals surface area contributed by atoms with Crippen LogP contribution in [0.25, 0.3) is 0 Å². The molecule has 0 radical (unpaired) electrons. The normalized spacial score (nSPS) is 15.7. The van der Waals surface area contributed by atoms with Crippen LogP contribution in [0.15, 0.2) is 0 Å². The minimum Gasteiger partial charge on any atom is -0.394 e. The fraction of sp³-hybridized carbons (Fsp3) is 1.00. The zero-order valence-corrected chi connectivity index (χ0v) is 13.8. The first-order valence-electron chi connectivity index (χ1n) is 7.85. The molecule has 0 rings (SSSR count). The summed E-state index contributed by atoms with van der Waals surface area (Å²) < 4.78 is 37.5. The van der Waals surface area contributed by atoms with Crippen LogP contribution in [0, 0.1) is 0 Å². The van der Waals surface area contributed by atoms with Crippen molar-refractivity contribution in [3.63, 3.8) is 0 Å². The molecule has 0 bridgehead atoms. The Kier molecular flexibility index (Phi) is 9.49. The quantitative estimate of drug-likeness (QED) is 0.615. The topological polar surface area (TPSA) is 35.5 Å². The second-order valence-corrected chi connectivity index (χ2v) is 6.09. The van der Waals surface area contributed by atoms with Crippen molar-refractivity contribution in [2.24, 2.45) is 0 Å². The number of alkyl halides is 3. The summed E-state index contributed by atoms with van der Waals surface area (Å²) in [6.45, 7) is 7.91. The molecule has 3 nitrogen and oxygen atoms in total. The number of nitrogens with zero attached hydrogens (tertiary/aromatic N) is 1. The Morgan fingerprint density at radius 3 is 2.14 bits per heavy atom. The van der Waals surface area contributed by atoms with E-state index in [4.69, 9.17) is 0 Å². The molecule has 0 saturated heterocycles. The number of aliphatic hydroxyl groups is 1. The van der Waals surface area contributed by atoms with E-state index in [1.807, 2.05) is 27.7 Å². The summed E-state index contributed by atoms with van der Waals surface area (Å²) >= 11 is 0. The van der Waals surface area contributed by atoms with Crippen LogP contribution in [0.2, 0.25) is 0 Å². The second kappa shape index (κ2) is 9.64. The van der Waals surface area contributed by atoms with Gasteiger partial charge in [-0.25, -0.2) is 0 Å². The monoisotopic (exact) mass is 312 g/mol. The van der Waals surface area contributed by atoms with Gasteiger partial charge in [-0.2, -0.15) is 13.2 Å². The summed E-state index contributed by atoms with van der Waals surface area (Å²) in [7, 11) is 0. The molecule has 0 aliphatic carbocycles. The molecular weight excluding hydrogens is 281 g/mol. The van der Waals surface area contributed by atoms with Crippen LogP contribution in [-0.2, 0) is 0 Å². The summed E-state index contributed by atoms with van der Waals surface area (Å²) in [4.78, 5) is 1.45. The average Bonchev–Trinajstić information content (AvgIpc) is 2.35. The molecule has 2 N–H and O–H groups in total. The Labute approximate surface area is 126 Å². The molecule has 1 unspecified atom stereocenters. The van der Waals surface area contributed by atoms with Crippen molar-refractivity contribution in [3.8, 4) is 0 Å². The fourth-order valence-electron chi connectivity index (χ4n) is 2.68. The second-order valence-electron chi connectivity index (χ2n) is 6.09. The van der Waals surface area contributed by atoms with Gasteiger partial charge in [-0.05, 0) is 38.8 Å². The zero-order chi connectivity index (χ0) is 16.5. The van der Waals surface area contributed by atoms with Crippen LogP contribution in [0.1, 0.15) is 53.4 Å². The van der Waals surface area contributed by atoms with E-state index in [0.29, 0.717) is 32.4 Å². The number of halogens is 3. The molecule has 0 aromatic carbocycles. The lowest BCUT2D eigenvalue weighted by atomic mass is 9.90. The van der Waals surface area contributed by atoms with Gasteiger partial charge < -0.3 is 10.4 Å². The SMILES string of the molecule is CCCN(CCCC(CC)(CO)NC(C)C)CC(F)(F)F. The summed E-state index contributed by atoms with van der Waals surface area (Å²) in [5.41, 5.74) is -0.385. The van der Waals surface area contributed by atoms with Crippen molar-refractivity contribution in [1.82, 2.24) is 10.2 Å². The highest BCUT2D eigenvalue weighted by Crippen LogP contribution is 2.20. The minimum atomic E-state index is -4.15. The van der Waals surface area contributed by atoms with Gasteiger partial charge in [0.2, 0.25) is 0 Å². The van der Waals surface area contributed by atoms with E-state index in [2.05, 4.69) is 5.32 Å². The van der Waals surface area contributed by atoms with Crippen LogP contribution in [0.4, 0.5) is 13.2 Å². The zero-order valence-electron chi connectivity index (χ0n) is 13.8. The number of hydrogen-bond acceptors (Lipinski definition) is 3. The highest BCUT2D eigenvalue weighted by atomic mass is 19.4. The molecular formula is C15H31F3N2O. The van der Waals surface area contributed by atoms with Gasteiger partial charge in [0.25, 0.3) is 0 Å². The van der Waals surface area contributed by atoms with Crippen molar-refractivity contribution in [2.45, 2.75) is 71.1 Å².